The maximum Gasteiger partial charge on any atom is 0.417 e. The summed E-state index contributed by atoms with van der Waals surface area (Å²) in [6, 6.07) is 5.58. The van der Waals surface area contributed by atoms with Gasteiger partial charge in [-0.1, -0.05) is 11.3 Å². The van der Waals surface area contributed by atoms with E-state index in [4.69, 9.17) is 25.7 Å². The van der Waals surface area contributed by atoms with Crippen LogP contribution in [0.1, 0.15) is 5.56 Å². The minimum atomic E-state index is -4.70. The van der Waals surface area contributed by atoms with E-state index in [0.717, 1.165) is 6.07 Å². The van der Waals surface area contributed by atoms with Crippen LogP contribution < -0.4 is 25.7 Å². The fraction of sp³-hybridized carbons (Fsp3) is 0.125. The van der Waals surface area contributed by atoms with Crippen molar-refractivity contribution in [3.63, 3.8) is 0 Å². The number of anilines is 1. The van der Waals surface area contributed by atoms with E-state index in [1.54, 1.807) is 12.1 Å². The van der Waals surface area contributed by atoms with Crippen LogP contribution in [0.15, 0.2) is 24.3 Å². The molecule has 0 atom stereocenters. The number of hydrogen-bond acceptors (Lipinski definition) is 7. The van der Waals surface area contributed by atoms with Gasteiger partial charge in [0.2, 0.25) is 11.9 Å². The number of alkyl halides is 3. The Morgan fingerprint density at radius 3 is 2.67 bits per heavy atom. The lowest BCUT2D eigenvalue weighted by atomic mass is 10.1. The van der Waals surface area contributed by atoms with Crippen molar-refractivity contribution in [1.29, 1.82) is 0 Å². The molecule has 0 spiro atoms. The van der Waals surface area contributed by atoms with Crippen LogP contribution in [0, 0.1) is 0 Å². The van der Waals surface area contributed by atoms with Gasteiger partial charge in [0.25, 0.3) is 0 Å². The van der Waals surface area contributed by atoms with E-state index in [-0.39, 0.29) is 33.5 Å². The molecule has 0 saturated carbocycles. The molecule has 0 aliphatic carbocycles. The lowest BCUT2D eigenvalue weighted by Gasteiger charge is -2.11. The van der Waals surface area contributed by atoms with Gasteiger partial charge in [-0.15, -0.1) is 0 Å². The molecule has 1 aliphatic heterocycles. The molecule has 3 aromatic rings. The number of halogens is 3. The van der Waals surface area contributed by atoms with Crippen molar-refractivity contribution >= 4 is 33.3 Å². The summed E-state index contributed by atoms with van der Waals surface area (Å²) in [6.45, 7) is 0.0360. The second-order valence-corrected chi connectivity index (χ2v) is 6.49. The van der Waals surface area contributed by atoms with Crippen LogP contribution in [0.3, 0.4) is 0 Å². The second-order valence-electron chi connectivity index (χ2n) is 5.53. The van der Waals surface area contributed by atoms with Crippen LogP contribution in [0.5, 0.6) is 16.6 Å². The standard InChI is InChI=1S/C16H10F3N3O4S/c17-16(18,19)7-4-8(6-1-2-9-10(3-6)25-5-24-9)22-13-11(7)12(20)14(27-13)26-15(21)23/h1-4H,5,20H2,(H2,21,23). The Labute approximate surface area is 153 Å². The molecule has 0 fully saturated rings. The zero-order valence-electron chi connectivity index (χ0n) is 13.3. The molecule has 140 valence electrons. The molecule has 0 bridgehead atoms. The minimum Gasteiger partial charge on any atom is -0.454 e. The number of aromatic nitrogens is 1. The number of thiophene rings is 1. The number of benzene rings is 1. The van der Waals surface area contributed by atoms with Gasteiger partial charge in [-0.2, -0.15) is 13.2 Å². The van der Waals surface area contributed by atoms with Gasteiger partial charge >= 0.3 is 12.3 Å². The summed E-state index contributed by atoms with van der Waals surface area (Å²) in [5.74, 6) is 0.903. The van der Waals surface area contributed by atoms with Crippen LogP contribution in [-0.2, 0) is 6.18 Å². The molecule has 4 N–H and O–H groups in total. The number of ether oxygens (including phenoxy) is 3. The summed E-state index contributed by atoms with van der Waals surface area (Å²) < 4.78 is 56.0. The van der Waals surface area contributed by atoms with Gasteiger partial charge in [-0.25, -0.2) is 9.78 Å². The van der Waals surface area contributed by atoms with Gasteiger partial charge in [-0.05, 0) is 24.3 Å². The van der Waals surface area contributed by atoms with Crippen molar-refractivity contribution in [3.05, 3.63) is 29.8 Å². The van der Waals surface area contributed by atoms with E-state index in [1.165, 1.54) is 6.07 Å². The van der Waals surface area contributed by atoms with Crippen LogP contribution in [0.25, 0.3) is 21.5 Å². The molecule has 2 aromatic heterocycles. The zero-order chi connectivity index (χ0) is 19.3. The number of rotatable bonds is 2. The van der Waals surface area contributed by atoms with Gasteiger partial charge < -0.3 is 25.7 Å². The molecule has 0 unspecified atom stereocenters. The van der Waals surface area contributed by atoms with E-state index in [1.807, 2.05) is 0 Å². The smallest absolute Gasteiger partial charge is 0.417 e. The van der Waals surface area contributed by atoms with Crippen molar-refractivity contribution in [2.75, 3.05) is 12.5 Å². The summed E-state index contributed by atoms with van der Waals surface area (Å²) >= 11 is 0.702. The van der Waals surface area contributed by atoms with Crippen molar-refractivity contribution in [2.24, 2.45) is 5.73 Å². The van der Waals surface area contributed by atoms with E-state index in [9.17, 15) is 18.0 Å². The molecule has 7 nitrogen and oxygen atoms in total. The SMILES string of the molecule is NC(=O)Oc1sc2nc(-c3ccc4c(c3)OCO4)cc(C(F)(F)F)c2c1N. The Hall–Kier alpha value is -3.21. The predicted molar refractivity (Wildman–Crippen MR) is 90.8 cm³/mol. The molecule has 1 amide bonds. The van der Waals surface area contributed by atoms with Crippen LogP contribution in [0.4, 0.5) is 23.7 Å². The lowest BCUT2D eigenvalue weighted by Crippen LogP contribution is -2.16. The number of amides is 1. The number of pyridine rings is 1. The second kappa shape index (κ2) is 5.91. The Balaban J connectivity index is 1.94. The largest absolute Gasteiger partial charge is 0.454 e. The number of primary amides is 1. The zero-order valence-corrected chi connectivity index (χ0v) is 14.1. The molecular weight excluding hydrogens is 387 g/mol. The average molecular weight is 397 g/mol. The number of nitrogens with two attached hydrogens (primary N) is 2. The van der Waals surface area contributed by atoms with Crippen molar-refractivity contribution in [1.82, 2.24) is 4.98 Å². The van der Waals surface area contributed by atoms with Gasteiger partial charge in [-0.3, -0.25) is 0 Å². The van der Waals surface area contributed by atoms with E-state index in [0.29, 0.717) is 28.4 Å². The minimum absolute atomic E-state index is 0.0359. The number of carbonyl (C=O) groups excluding carboxylic acids is 1. The number of carbonyl (C=O) groups is 1. The number of fused-ring (bicyclic) bond motifs is 2. The van der Waals surface area contributed by atoms with E-state index >= 15 is 0 Å². The summed E-state index contributed by atoms with van der Waals surface area (Å²) in [7, 11) is 0. The molecule has 3 heterocycles. The first-order valence-corrected chi connectivity index (χ1v) is 8.23. The Morgan fingerprint density at radius 1 is 1.22 bits per heavy atom. The topological polar surface area (TPSA) is 110 Å². The lowest BCUT2D eigenvalue weighted by molar-refractivity contribution is -0.136. The highest BCUT2D eigenvalue weighted by molar-refractivity contribution is 7.21. The molecule has 27 heavy (non-hydrogen) atoms. The number of hydrogen-bond donors (Lipinski definition) is 2. The Morgan fingerprint density at radius 2 is 1.96 bits per heavy atom. The first-order valence-electron chi connectivity index (χ1n) is 7.41. The first-order chi connectivity index (χ1) is 12.7. The van der Waals surface area contributed by atoms with Crippen molar-refractivity contribution in [2.45, 2.75) is 6.18 Å². The third-order valence-corrected chi connectivity index (χ3v) is 4.81. The van der Waals surface area contributed by atoms with Crippen LogP contribution in [0.2, 0.25) is 0 Å². The summed E-state index contributed by atoms with van der Waals surface area (Å²) in [5.41, 5.74) is 9.80. The maximum absolute atomic E-state index is 13.6. The van der Waals surface area contributed by atoms with E-state index in [2.05, 4.69) is 4.98 Å². The fourth-order valence-corrected chi connectivity index (χ4v) is 3.67. The monoisotopic (exact) mass is 397 g/mol. The van der Waals surface area contributed by atoms with Crippen molar-refractivity contribution < 1.29 is 32.2 Å². The molecule has 0 saturated heterocycles. The normalized spacial score (nSPS) is 13.1. The summed E-state index contributed by atoms with van der Waals surface area (Å²) in [5, 5.41) is -0.577. The number of nitrogens with zero attached hydrogens (tertiary/aromatic N) is 1. The first kappa shape index (κ1) is 17.2. The highest BCUT2D eigenvalue weighted by Crippen LogP contribution is 2.47. The van der Waals surface area contributed by atoms with Crippen LogP contribution >= 0.6 is 11.3 Å². The third-order valence-electron chi connectivity index (χ3n) is 3.83. The average Bonchev–Trinajstić information content (AvgIpc) is 3.17. The maximum atomic E-state index is 13.6. The summed E-state index contributed by atoms with van der Waals surface area (Å²) in [6.07, 6.45) is -5.89. The van der Waals surface area contributed by atoms with Crippen molar-refractivity contribution in [3.8, 4) is 27.8 Å². The highest BCUT2D eigenvalue weighted by Gasteiger charge is 2.36. The molecule has 1 aliphatic rings. The molecule has 1 aromatic carbocycles. The van der Waals surface area contributed by atoms with Crippen LogP contribution in [-0.4, -0.2) is 17.9 Å². The molecular formula is C16H10F3N3O4S. The fourth-order valence-electron chi connectivity index (χ4n) is 2.70. The Bertz CT molecular complexity index is 1080. The third kappa shape index (κ3) is 2.95. The molecule has 11 heteroatoms. The Kier molecular flexibility index (Phi) is 3.77. The van der Waals surface area contributed by atoms with Gasteiger partial charge in [0.05, 0.1) is 22.3 Å². The number of nitrogen functional groups attached to an aromatic ring is 1. The summed E-state index contributed by atoms with van der Waals surface area (Å²) in [4.78, 5) is 15.2. The van der Waals surface area contributed by atoms with Gasteiger partial charge in [0.1, 0.15) is 4.83 Å². The predicted octanol–water partition coefficient (Wildman–Crippen LogP) is 3.75. The van der Waals surface area contributed by atoms with E-state index < -0.39 is 17.8 Å². The van der Waals surface area contributed by atoms with Gasteiger partial charge in [0, 0.05) is 5.56 Å². The highest BCUT2D eigenvalue weighted by atomic mass is 32.1. The quantitative estimate of drug-likeness (QED) is 0.682. The van der Waals surface area contributed by atoms with Gasteiger partial charge in [0.15, 0.2) is 11.5 Å². The molecule has 4 rings (SSSR count). The molecule has 0 radical (unpaired) electrons.